The van der Waals surface area contributed by atoms with Gasteiger partial charge in [0.1, 0.15) is 10.6 Å². The first-order valence-corrected chi connectivity index (χ1v) is 13.4. The zero-order valence-corrected chi connectivity index (χ0v) is 22.8. The molecule has 0 aliphatic carbocycles. The van der Waals surface area contributed by atoms with E-state index in [-0.39, 0.29) is 11.7 Å². The number of anilines is 1. The van der Waals surface area contributed by atoms with Crippen molar-refractivity contribution < 1.29 is 19.1 Å². The number of para-hydroxylation sites is 1. The van der Waals surface area contributed by atoms with Gasteiger partial charge in [0, 0.05) is 32.5 Å². The van der Waals surface area contributed by atoms with Gasteiger partial charge in [-0.1, -0.05) is 54.1 Å². The van der Waals surface area contributed by atoms with E-state index in [1.165, 1.54) is 17.6 Å². The molecule has 2 N–H and O–H groups in total. The minimum atomic E-state index is -0.576. The van der Waals surface area contributed by atoms with Gasteiger partial charge >= 0.3 is 5.97 Å². The number of ether oxygens (including phenoxy) is 1. The molecule has 0 saturated heterocycles. The minimum absolute atomic E-state index is 0.244. The summed E-state index contributed by atoms with van der Waals surface area (Å²) in [6.07, 6.45) is 1.39. The highest BCUT2D eigenvalue weighted by atomic mass is 35.5. The van der Waals surface area contributed by atoms with Crippen LogP contribution in [0.15, 0.2) is 102 Å². The molecule has 4 aromatic carbocycles. The van der Waals surface area contributed by atoms with Gasteiger partial charge in [-0.05, 0) is 67.1 Å². The average Bonchev–Trinajstić information content (AvgIpc) is 3.30. The molecule has 0 fully saturated rings. The number of fused-ring (bicyclic) bond motifs is 1. The summed E-state index contributed by atoms with van der Waals surface area (Å²) in [5, 5.41) is 7.96. The molecule has 5 aromatic rings. The van der Waals surface area contributed by atoms with Crippen LogP contribution >= 0.6 is 22.9 Å². The van der Waals surface area contributed by atoms with Crippen LogP contribution in [-0.4, -0.2) is 24.0 Å². The number of aryl methyl sites for hydroxylation is 1. The van der Waals surface area contributed by atoms with Crippen LogP contribution in [0.2, 0.25) is 5.02 Å². The number of thiophene rings is 1. The number of nitrogens with one attached hydrogen (secondary N) is 2. The molecule has 0 spiro atoms. The monoisotopic (exact) mass is 567 g/mol. The fraction of sp³-hybridized carbons (Fsp3) is 0.0323. The third kappa shape index (κ3) is 6.09. The Morgan fingerprint density at radius 3 is 2.33 bits per heavy atom. The molecule has 9 heteroatoms. The van der Waals surface area contributed by atoms with Crippen molar-refractivity contribution in [1.82, 2.24) is 5.43 Å². The van der Waals surface area contributed by atoms with E-state index in [9.17, 15) is 14.4 Å². The first-order valence-electron chi connectivity index (χ1n) is 12.2. The second kappa shape index (κ2) is 11.9. The highest BCUT2D eigenvalue weighted by Crippen LogP contribution is 2.36. The van der Waals surface area contributed by atoms with Gasteiger partial charge in [-0.15, -0.1) is 11.3 Å². The van der Waals surface area contributed by atoms with Crippen molar-refractivity contribution >= 4 is 62.7 Å². The summed E-state index contributed by atoms with van der Waals surface area (Å²) in [5.41, 5.74) is 5.46. The van der Waals surface area contributed by atoms with Gasteiger partial charge in [-0.2, -0.15) is 5.10 Å². The van der Waals surface area contributed by atoms with Crippen LogP contribution in [0.5, 0.6) is 5.75 Å². The minimum Gasteiger partial charge on any atom is -0.422 e. The molecule has 0 saturated carbocycles. The van der Waals surface area contributed by atoms with Gasteiger partial charge in [-0.25, -0.2) is 10.2 Å². The fourth-order valence-electron chi connectivity index (χ4n) is 3.85. The van der Waals surface area contributed by atoms with Crippen LogP contribution in [0, 0.1) is 6.92 Å². The van der Waals surface area contributed by atoms with Crippen molar-refractivity contribution in [3.05, 3.63) is 129 Å². The Labute approximate surface area is 239 Å². The van der Waals surface area contributed by atoms with E-state index in [2.05, 4.69) is 15.8 Å². The summed E-state index contributed by atoms with van der Waals surface area (Å²) in [4.78, 5) is 38.1. The predicted molar refractivity (Wildman–Crippen MR) is 159 cm³/mol. The lowest BCUT2D eigenvalue weighted by Crippen LogP contribution is -2.18. The van der Waals surface area contributed by atoms with Crippen LogP contribution in [0.3, 0.4) is 0 Å². The Hall–Kier alpha value is -4.79. The maximum atomic E-state index is 12.9. The van der Waals surface area contributed by atoms with Crippen molar-refractivity contribution in [2.24, 2.45) is 5.10 Å². The quantitative estimate of drug-likeness (QED) is 0.0948. The molecule has 1 aromatic heterocycles. The number of nitrogens with zero attached hydrogens (tertiary/aromatic N) is 1. The highest BCUT2D eigenvalue weighted by molar-refractivity contribution is 7.21. The highest BCUT2D eigenvalue weighted by Gasteiger charge is 2.20. The molecule has 2 amide bonds. The number of benzene rings is 4. The Morgan fingerprint density at radius 1 is 0.850 bits per heavy atom. The Morgan fingerprint density at radius 2 is 1.55 bits per heavy atom. The summed E-state index contributed by atoms with van der Waals surface area (Å²) in [7, 11) is 0. The zero-order chi connectivity index (χ0) is 28.1. The molecule has 0 radical (unpaired) electrons. The van der Waals surface area contributed by atoms with E-state index < -0.39 is 11.9 Å². The summed E-state index contributed by atoms with van der Waals surface area (Å²) >= 11 is 7.74. The van der Waals surface area contributed by atoms with Gasteiger partial charge in [0.2, 0.25) is 0 Å². The van der Waals surface area contributed by atoms with Crippen LogP contribution in [0.25, 0.3) is 10.1 Å². The van der Waals surface area contributed by atoms with Gasteiger partial charge in [-0.3, -0.25) is 9.59 Å². The van der Waals surface area contributed by atoms with E-state index in [1.54, 1.807) is 72.8 Å². The molecule has 0 aliphatic rings. The Kier molecular flexibility index (Phi) is 8.00. The van der Waals surface area contributed by atoms with Crippen molar-refractivity contribution in [1.29, 1.82) is 0 Å². The van der Waals surface area contributed by atoms with Gasteiger partial charge in [0.15, 0.2) is 0 Å². The van der Waals surface area contributed by atoms with Gasteiger partial charge in [0.25, 0.3) is 11.8 Å². The normalized spacial score (nSPS) is 10.9. The SMILES string of the molecule is Cc1ccc2c(Cl)c(C(=O)Oc3ccccc3/C=N\NC(=O)c3ccc(NC(=O)c4ccccc4)cc3)sc2c1. The molecule has 7 nitrogen and oxygen atoms in total. The van der Waals surface area contributed by atoms with E-state index in [0.29, 0.717) is 32.3 Å². The molecule has 5 rings (SSSR count). The number of halogens is 1. The number of amides is 2. The van der Waals surface area contributed by atoms with Crippen LogP contribution in [-0.2, 0) is 0 Å². The van der Waals surface area contributed by atoms with E-state index >= 15 is 0 Å². The predicted octanol–water partition coefficient (Wildman–Crippen LogP) is 7.10. The molecule has 0 bridgehead atoms. The van der Waals surface area contributed by atoms with Crippen LogP contribution < -0.4 is 15.5 Å². The number of carbonyl (C=O) groups excluding carboxylic acids is 3. The second-order valence-electron chi connectivity index (χ2n) is 8.77. The standard InChI is InChI=1S/C31H22ClN3O4S/c1-19-11-16-24-26(17-19)40-28(27(24)32)31(38)39-25-10-6-5-9-22(25)18-33-35-30(37)21-12-14-23(15-13-21)34-29(36)20-7-3-2-4-8-20/h2-18H,1H3,(H,34,36)(H,35,37)/b33-18-. The molecule has 1 heterocycles. The fourth-order valence-corrected chi connectivity index (χ4v) is 5.34. The summed E-state index contributed by atoms with van der Waals surface area (Å²) in [6, 6.07) is 27.9. The lowest BCUT2D eigenvalue weighted by Gasteiger charge is -2.07. The maximum Gasteiger partial charge on any atom is 0.355 e. The van der Waals surface area contributed by atoms with Crippen molar-refractivity contribution in [3.63, 3.8) is 0 Å². The van der Waals surface area contributed by atoms with E-state index in [0.717, 1.165) is 15.6 Å². The second-order valence-corrected chi connectivity index (χ2v) is 10.2. The number of rotatable bonds is 7. The number of esters is 1. The average molecular weight is 568 g/mol. The molecule has 0 aliphatic heterocycles. The molecule has 0 atom stereocenters. The molecular formula is C31H22ClN3O4S. The largest absolute Gasteiger partial charge is 0.422 e. The molecule has 198 valence electrons. The van der Waals surface area contributed by atoms with Gasteiger partial charge in [0.05, 0.1) is 11.2 Å². The van der Waals surface area contributed by atoms with E-state index in [1.807, 2.05) is 31.2 Å². The van der Waals surface area contributed by atoms with Crippen LogP contribution in [0.1, 0.15) is 41.5 Å². The zero-order valence-electron chi connectivity index (χ0n) is 21.2. The van der Waals surface area contributed by atoms with Crippen molar-refractivity contribution in [2.75, 3.05) is 5.32 Å². The van der Waals surface area contributed by atoms with Crippen LogP contribution in [0.4, 0.5) is 5.69 Å². The first-order chi connectivity index (χ1) is 19.4. The molecule has 0 unspecified atom stereocenters. The lowest BCUT2D eigenvalue weighted by atomic mass is 10.1. The topological polar surface area (TPSA) is 96.9 Å². The lowest BCUT2D eigenvalue weighted by molar-refractivity contribution is 0.0739. The summed E-state index contributed by atoms with van der Waals surface area (Å²) in [6.45, 7) is 1.97. The molecular weight excluding hydrogens is 546 g/mol. The summed E-state index contributed by atoms with van der Waals surface area (Å²) < 4.78 is 6.54. The van der Waals surface area contributed by atoms with Crippen molar-refractivity contribution in [2.45, 2.75) is 6.92 Å². The van der Waals surface area contributed by atoms with Crippen molar-refractivity contribution in [3.8, 4) is 5.75 Å². The third-order valence-electron chi connectivity index (χ3n) is 5.90. The third-order valence-corrected chi connectivity index (χ3v) is 7.54. The Bertz CT molecular complexity index is 1750. The maximum absolute atomic E-state index is 12.9. The number of hydrogen-bond donors (Lipinski definition) is 2. The van der Waals surface area contributed by atoms with Gasteiger partial charge < -0.3 is 10.1 Å². The van der Waals surface area contributed by atoms with E-state index in [4.69, 9.17) is 16.3 Å². The number of hydrazone groups is 1. The Balaban J connectivity index is 1.22. The smallest absolute Gasteiger partial charge is 0.355 e. The number of carbonyl (C=O) groups is 3. The first kappa shape index (κ1) is 26.8. The number of hydrogen-bond acceptors (Lipinski definition) is 6. The summed E-state index contributed by atoms with van der Waals surface area (Å²) in [5.74, 6) is -0.993. The molecule has 40 heavy (non-hydrogen) atoms.